The quantitative estimate of drug-likeness (QED) is 0.608. The van der Waals surface area contributed by atoms with Crippen molar-refractivity contribution in [2.24, 2.45) is 0 Å². The van der Waals surface area contributed by atoms with Crippen molar-refractivity contribution >= 4 is 5.69 Å². The van der Waals surface area contributed by atoms with Gasteiger partial charge in [0, 0.05) is 18.8 Å². The van der Waals surface area contributed by atoms with E-state index in [1.807, 2.05) is 29.3 Å². The zero-order chi connectivity index (χ0) is 11.2. The van der Waals surface area contributed by atoms with Crippen LogP contribution >= 0.6 is 0 Å². The Hall–Kier alpha value is -1.26. The van der Waals surface area contributed by atoms with Gasteiger partial charge in [0.1, 0.15) is 5.75 Å². The summed E-state index contributed by atoms with van der Waals surface area (Å²) >= 11 is 0. The van der Waals surface area contributed by atoms with Gasteiger partial charge in [0.15, 0.2) is 0 Å². The summed E-state index contributed by atoms with van der Waals surface area (Å²) in [5.41, 5.74) is 6.35. The normalized spacial score (nSPS) is 16.5. The number of nitrogens with zero attached hydrogens (tertiary/aromatic N) is 1. The highest BCUT2D eigenvalue weighted by molar-refractivity contribution is 5.41. The van der Waals surface area contributed by atoms with Gasteiger partial charge < -0.3 is 10.5 Å². The van der Waals surface area contributed by atoms with E-state index >= 15 is 0 Å². The van der Waals surface area contributed by atoms with Gasteiger partial charge >= 0.3 is 0 Å². The highest BCUT2D eigenvalue weighted by atomic mass is 16.7. The standard InChI is InChI=1S/C12H18N2O2/c13-11-3-5-12(6-4-11)15-9-1-7-14-8-2-10-16-14/h3-6H,1-2,7-10,13H2. The Morgan fingerprint density at radius 2 is 2.12 bits per heavy atom. The van der Waals surface area contributed by atoms with Gasteiger partial charge in [-0.05, 0) is 37.1 Å². The summed E-state index contributed by atoms with van der Waals surface area (Å²) < 4.78 is 5.58. The lowest BCUT2D eigenvalue weighted by atomic mass is 10.3. The molecule has 2 rings (SSSR count). The second-order valence-electron chi connectivity index (χ2n) is 3.89. The van der Waals surface area contributed by atoms with E-state index in [1.165, 1.54) is 0 Å². The van der Waals surface area contributed by atoms with E-state index in [0.29, 0.717) is 6.61 Å². The molecule has 0 atom stereocenters. The summed E-state index contributed by atoms with van der Waals surface area (Å²) in [6.07, 6.45) is 2.11. The van der Waals surface area contributed by atoms with Crippen molar-refractivity contribution in [3.63, 3.8) is 0 Å². The van der Waals surface area contributed by atoms with Crippen LogP contribution in [0.4, 0.5) is 5.69 Å². The van der Waals surface area contributed by atoms with Gasteiger partial charge in [-0.15, -0.1) is 0 Å². The van der Waals surface area contributed by atoms with Crippen molar-refractivity contribution in [1.29, 1.82) is 0 Å². The maximum absolute atomic E-state index is 5.59. The molecule has 1 aliphatic rings. The fourth-order valence-electron chi connectivity index (χ4n) is 1.67. The molecule has 0 radical (unpaired) electrons. The average Bonchev–Trinajstić information content (AvgIpc) is 2.80. The number of rotatable bonds is 5. The third kappa shape index (κ3) is 3.40. The number of hydroxylamine groups is 2. The fourth-order valence-corrected chi connectivity index (χ4v) is 1.67. The van der Waals surface area contributed by atoms with Crippen LogP contribution in [0.1, 0.15) is 12.8 Å². The molecule has 0 amide bonds. The molecule has 88 valence electrons. The maximum atomic E-state index is 5.59. The SMILES string of the molecule is Nc1ccc(OCCCN2CCCO2)cc1. The first kappa shape index (κ1) is 11.2. The van der Waals surface area contributed by atoms with Crippen LogP contribution in [-0.2, 0) is 4.84 Å². The summed E-state index contributed by atoms with van der Waals surface area (Å²) in [5.74, 6) is 0.872. The van der Waals surface area contributed by atoms with E-state index in [-0.39, 0.29) is 0 Å². The first-order chi connectivity index (χ1) is 7.84. The van der Waals surface area contributed by atoms with Crippen molar-refractivity contribution in [3.05, 3.63) is 24.3 Å². The second kappa shape index (κ2) is 5.72. The van der Waals surface area contributed by atoms with Crippen molar-refractivity contribution in [3.8, 4) is 5.75 Å². The molecule has 0 saturated carbocycles. The maximum Gasteiger partial charge on any atom is 0.119 e. The zero-order valence-corrected chi connectivity index (χ0v) is 9.39. The molecule has 4 nitrogen and oxygen atoms in total. The van der Waals surface area contributed by atoms with E-state index in [0.717, 1.165) is 44.0 Å². The van der Waals surface area contributed by atoms with Crippen molar-refractivity contribution in [1.82, 2.24) is 5.06 Å². The third-order valence-electron chi connectivity index (χ3n) is 2.53. The van der Waals surface area contributed by atoms with Crippen LogP contribution in [0, 0.1) is 0 Å². The van der Waals surface area contributed by atoms with Gasteiger partial charge in [-0.25, -0.2) is 0 Å². The molecule has 2 N–H and O–H groups in total. The zero-order valence-electron chi connectivity index (χ0n) is 9.39. The average molecular weight is 222 g/mol. The predicted octanol–water partition coefficient (Wildman–Crippen LogP) is 1.68. The van der Waals surface area contributed by atoms with Gasteiger partial charge in [0.05, 0.1) is 13.2 Å². The minimum atomic E-state index is 0.712. The summed E-state index contributed by atoms with van der Waals surface area (Å²) in [6.45, 7) is 3.56. The number of anilines is 1. The Morgan fingerprint density at radius 1 is 1.31 bits per heavy atom. The molecule has 0 aliphatic carbocycles. The van der Waals surface area contributed by atoms with Crippen LogP contribution in [-0.4, -0.2) is 31.4 Å². The van der Waals surface area contributed by atoms with Crippen LogP contribution in [0.2, 0.25) is 0 Å². The summed E-state index contributed by atoms with van der Waals surface area (Å²) in [6, 6.07) is 7.47. The highest BCUT2D eigenvalue weighted by Crippen LogP contribution is 2.13. The van der Waals surface area contributed by atoms with Crippen molar-refractivity contribution in [2.75, 3.05) is 32.0 Å². The van der Waals surface area contributed by atoms with Gasteiger partial charge in [0.25, 0.3) is 0 Å². The molecule has 1 aliphatic heterocycles. The van der Waals surface area contributed by atoms with E-state index in [1.54, 1.807) is 0 Å². The lowest BCUT2D eigenvalue weighted by molar-refractivity contribution is -0.111. The molecule has 0 unspecified atom stereocenters. The molecule has 0 aromatic heterocycles. The third-order valence-corrected chi connectivity index (χ3v) is 2.53. The molecule has 1 fully saturated rings. The van der Waals surface area contributed by atoms with E-state index in [2.05, 4.69) is 0 Å². The molecule has 1 aromatic carbocycles. The van der Waals surface area contributed by atoms with E-state index < -0.39 is 0 Å². The minimum Gasteiger partial charge on any atom is -0.494 e. The van der Waals surface area contributed by atoms with E-state index in [4.69, 9.17) is 15.3 Å². The van der Waals surface area contributed by atoms with Gasteiger partial charge in [-0.1, -0.05) is 0 Å². The molecule has 0 spiro atoms. The smallest absolute Gasteiger partial charge is 0.119 e. The van der Waals surface area contributed by atoms with Gasteiger partial charge in [-0.3, -0.25) is 4.84 Å². The molecule has 16 heavy (non-hydrogen) atoms. The number of nitrogens with two attached hydrogens (primary N) is 1. The molecule has 1 saturated heterocycles. The Kier molecular flexibility index (Phi) is 4.02. The Bertz CT molecular complexity index is 307. The molecule has 0 bridgehead atoms. The fraction of sp³-hybridized carbons (Fsp3) is 0.500. The van der Waals surface area contributed by atoms with Crippen LogP contribution in [0.15, 0.2) is 24.3 Å². The van der Waals surface area contributed by atoms with Crippen molar-refractivity contribution in [2.45, 2.75) is 12.8 Å². The van der Waals surface area contributed by atoms with Crippen LogP contribution < -0.4 is 10.5 Å². The number of ether oxygens (including phenoxy) is 1. The minimum absolute atomic E-state index is 0.712. The lowest BCUT2D eigenvalue weighted by Crippen LogP contribution is -2.20. The first-order valence-electron chi connectivity index (χ1n) is 5.71. The number of hydrogen-bond donors (Lipinski definition) is 1. The predicted molar refractivity (Wildman–Crippen MR) is 63.1 cm³/mol. The molecular formula is C12H18N2O2. The Labute approximate surface area is 95.9 Å². The van der Waals surface area contributed by atoms with E-state index in [9.17, 15) is 0 Å². The monoisotopic (exact) mass is 222 g/mol. The molecule has 1 heterocycles. The van der Waals surface area contributed by atoms with Crippen LogP contribution in [0.3, 0.4) is 0 Å². The Morgan fingerprint density at radius 3 is 2.81 bits per heavy atom. The summed E-state index contributed by atoms with van der Waals surface area (Å²) in [7, 11) is 0. The molecule has 4 heteroatoms. The lowest BCUT2D eigenvalue weighted by Gasteiger charge is -2.13. The van der Waals surface area contributed by atoms with Crippen molar-refractivity contribution < 1.29 is 9.57 Å². The van der Waals surface area contributed by atoms with Gasteiger partial charge in [0.2, 0.25) is 0 Å². The largest absolute Gasteiger partial charge is 0.494 e. The van der Waals surface area contributed by atoms with Gasteiger partial charge in [-0.2, -0.15) is 5.06 Å². The van der Waals surface area contributed by atoms with Crippen LogP contribution in [0.5, 0.6) is 5.75 Å². The summed E-state index contributed by atoms with van der Waals surface area (Å²) in [4.78, 5) is 5.38. The second-order valence-corrected chi connectivity index (χ2v) is 3.89. The highest BCUT2D eigenvalue weighted by Gasteiger charge is 2.11. The molecule has 1 aromatic rings. The Balaban J connectivity index is 1.62. The molecular weight excluding hydrogens is 204 g/mol. The summed E-state index contributed by atoms with van der Waals surface area (Å²) in [5, 5.41) is 2.01. The topological polar surface area (TPSA) is 47.7 Å². The number of benzene rings is 1. The first-order valence-corrected chi connectivity index (χ1v) is 5.71. The number of nitrogen functional groups attached to an aromatic ring is 1. The number of hydrogen-bond acceptors (Lipinski definition) is 4. The van der Waals surface area contributed by atoms with Crippen LogP contribution in [0.25, 0.3) is 0 Å².